The van der Waals surface area contributed by atoms with E-state index < -0.39 is 0 Å². The first kappa shape index (κ1) is 10.9. The summed E-state index contributed by atoms with van der Waals surface area (Å²) in [6.07, 6.45) is 2.48. The molecule has 1 aromatic rings. The minimum Gasteiger partial charge on any atom is -0.431 e. The van der Waals surface area contributed by atoms with Crippen LogP contribution in [0.2, 0.25) is 0 Å². The molecule has 84 valence electrons. The lowest BCUT2D eigenvalue weighted by atomic mass is 9.92. The molecule has 0 bridgehead atoms. The second-order valence-corrected chi connectivity index (χ2v) is 4.49. The Balaban J connectivity index is 2.26. The molecule has 0 N–H and O–H groups in total. The van der Waals surface area contributed by atoms with Crippen molar-refractivity contribution in [1.82, 2.24) is 0 Å². The van der Waals surface area contributed by atoms with Gasteiger partial charge in [-0.3, -0.25) is 4.79 Å². The lowest BCUT2D eigenvalue weighted by molar-refractivity contribution is -0.135. The quantitative estimate of drug-likeness (QED) is 0.709. The van der Waals surface area contributed by atoms with Gasteiger partial charge in [0.2, 0.25) is 0 Å². The molecule has 0 radical (unpaired) electrons. The van der Waals surface area contributed by atoms with Gasteiger partial charge in [0.15, 0.2) is 0 Å². The fraction of sp³-hybridized carbons (Fsp3) is 0.357. The van der Waals surface area contributed by atoms with E-state index in [0.717, 1.165) is 11.3 Å². The molecule has 0 saturated carbocycles. The zero-order valence-electron chi connectivity index (χ0n) is 9.64. The Labute approximate surface area is 95.9 Å². The van der Waals surface area contributed by atoms with Gasteiger partial charge in [0, 0.05) is 5.92 Å². The molecule has 1 fully saturated rings. The largest absolute Gasteiger partial charge is 0.431 e. The van der Waals surface area contributed by atoms with Crippen LogP contribution >= 0.6 is 0 Å². The second-order valence-electron chi connectivity index (χ2n) is 4.49. The number of cyclic esters (lactones) is 1. The zero-order chi connectivity index (χ0) is 11.5. The first-order valence-corrected chi connectivity index (χ1v) is 5.64. The molecule has 1 aromatic carbocycles. The smallest absolute Gasteiger partial charge is 0.311 e. The third kappa shape index (κ3) is 2.32. The lowest BCUT2D eigenvalue weighted by Crippen LogP contribution is -2.06. The normalized spacial score (nSPS) is 22.8. The molecule has 2 nitrogen and oxygen atoms in total. The van der Waals surface area contributed by atoms with Gasteiger partial charge in [-0.1, -0.05) is 44.2 Å². The summed E-state index contributed by atoms with van der Waals surface area (Å²) in [4.78, 5) is 11.3. The monoisotopic (exact) mass is 216 g/mol. The molecule has 1 unspecified atom stereocenters. The van der Waals surface area contributed by atoms with E-state index in [9.17, 15) is 4.79 Å². The van der Waals surface area contributed by atoms with Gasteiger partial charge in [0.1, 0.15) is 5.76 Å². The van der Waals surface area contributed by atoms with Crippen LogP contribution in [0, 0.1) is 11.8 Å². The lowest BCUT2D eigenvalue weighted by Gasteiger charge is -2.12. The fourth-order valence-corrected chi connectivity index (χ4v) is 1.94. The molecule has 2 rings (SSSR count). The molecule has 2 heteroatoms. The standard InChI is InChI=1S/C14H16O2/c1-10(2)12-9-14(15)16-13(12)8-11-6-4-3-5-7-11/h3-8,10,12H,9H2,1-2H3. The van der Waals surface area contributed by atoms with Gasteiger partial charge in [0.05, 0.1) is 6.42 Å². The van der Waals surface area contributed by atoms with E-state index in [1.807, 2.05) is 36.4 Å². The topological polar surface area (TPSA) is 26.3 Å². The summed E-state index contributed by atoms with van der Waals surface area (Å²) in [5.41, 5.74) is 1.08. The average molecular weight is 216 g/mol. The predicted molar refractivity (Wildman–Crippen MR) is 63.5 cm³/mol. The summed E-state index contributed by atoms with van der Waals surface area (Å²) >= 11 is 0. The van der Waals surface area contributed by atoms with Crippen LogP contribution in [0.5, 0.6) is 0 Å². The molecule has 1 aliphatic heterocycles. The highest BCUT2D eigenvalue weighted by Gasteiger charge is 2.31. The maximum atomic E-state index is 11.3. The molecule has 0 aliphatic carbocycles. The van der Waals surface area contributed by atoms with E-state index in [1.165, 1.54) is 0 Å². The summed E-state index contributed by atoms with van der Waals surface area (Å²) in [6, 6.07) is 9.96. The SMILES string of the molecule is CC(C)C1CC(=O)OC1=Cc1ccccc1. The summed E-state index contributed by atoms with van der Waals surface area (Å²) in [5, 5.41) is 0. The summed E-state index contributed by atoms with van der Waals surface area (Å²) < 4.78 is 5.26. The van der Waals surface area contributed by atoms with Crippen LogP contribution in [0.1, 0.15) is 25.8 Å². The van der Waals surface area contributed by atoms with Crippen molar-refractivity contribution in [3.05, 3.63) is 41.7 Å². The van der Waals surface area contributed by atoms with Crippen molar-refractivity contribution >= 4 is 12.0 Å². The van der Waals surface area contributed by atoms with Crippen molar-refractivity contribution in [2.24, 2.45) is 11.8 Å². The third-order valence-corrected chi connectivity index (χ3v) is 2.90. The molecular formula is C14H16O2. The maximum absolute atomic E-state index is 11.3. The van der Waals surface area contributed by atoms with Gasteiger partial charge in [0.25, 0.3) is 0 Å². The molecule has 0 spiro atoms. The number of benzene rings is 1. The number of allylic oxidation sites excluding steroid dienone is 1. The predicted octanol–water partition coefficient (Wildman–Crippen LogP) is 3.25. The Hall–Kier alpha value is -1.57. The third-order valence-electron chi connectivity index (χ3n) is 2.90. The Morgan fingerprint density at radius 3 is 2.62 bits per heavy atom. The Morgan fingerprint density at radius 1 is 1.31 bits per heavy atom. The zero-order valence-corrected chi connectivity index (χ0v) is 9.64. The molecule has 1 heterocycles. The molecular weight excluding hydrogens is 200 g/mol. The molecule has 1 aliphatic rings. The Morgan fingerprint density at radius 2 is 2.00 bits per heavy atom. The molecule has 16 heavy (non-hydrogen) atoms. The van der Waals surface area contributed by atoms with Crippen molar-refractivity contribution in [3.63, 3.8) is 0 Å². The van der Waals surface area contributed by atoms with Crippen molar-refractivity contribution < 1.29 is 9.53 Å². The van der Waals surface area contributed by atoms with Crippen molar-refractivity contribution in [2.45, 2.75) is 20.3 Å². The average Bonchev–Trinajstić information content (AvgIpc) is 2.61. The van der Waals surface area contributed by atoms with Gasteiger partial charge < -0.3 is 4.74 Å². The molecule has 0 amide bonds. The molecule has 1 atom stereocenters. The number of hydrogen-bond donors (Lipinski definition) is 0. The van der Waals surface area contributed by atoms with Crippen LogP contribution < -0.4 is 0 Å². The highest BCUT2D eigenvalue weighted by atomic mass is 16.5. The first-order valence-electron chi connectivity index (χ1n) is 5.64. The number of carbonyl (C=O) groups excluding carboxylic acids is 1. The van der Waals surface area contributed by atoms with Crippen molar-refractivity contribution in [3.8, 4) is 0 Å². The van der Waals surface area contributed by atoms with Crippen LogP contribution in [0.3, 0.4) is 0 Å². The number of esters is 1. The highest BCUT2D eigenvalue weighted by molar-refractivity contribution is 5.76. The first-order chi connectivity index (χ1) is 7.66. The van der Waals surface area contributed by atoms with Gasteiger partial charge in [-0.2, -0.15) is 0 Å². The van der Waals surface area contributed by atoms with E-state index in [0.29, 0.717) is 12.3 Å². The number of carbonyl (C=O) groups is 1. The van der Waals surface area contributed by atoms with E-state index in [1.54, 1.807) is 0 Å². The van der Waals surface area contributed by atoms with E-state index >= 15 is 0 Å². The number of rotatable bonds is 2. The second kappa shape index (κ2) is 4.52. The fourth-order valence-electron chi connectivity index (χ4n) is 1.94. The van der Waals surface area contributed by atoms with Crippen molar-refractivity contribution in [2.75, 3.05) is 0 Å². The number of ether oxygens (including phenoxy) is 1. The molecule has 0 aromatic heterocycles. The van der Waals surface area contributed by atoms with Crippen LogP contribution in [0.4, 0.5) is 0 Å². The van der Waals surface area contributed by atoms with Gasteiger partial charge in [-0.25, -0.2) is 0 Å². The highest BCUT2D eigenvalue weighted by Crippen LogP contribution is 2.33. The summed E-state index contributed by atoms with van der Waals surface area (Å²) in [6.45, 7) is 4.23. The van der Waals surface area contributed by atoms with Crippen molar-refractivity contribution in [1.29, 1.82) is 0 Å². The maximum Gasteiger partial charge on any atom is 0.311 e. The van der Waals surface area contributed by atoms with E-state index in [4.69, 9.17) is 4.74 Å². The van der Waals surface area contributed by atoms with Gasteiger partial charge in [-0.05, 0) is 17.6 Å². The minimum absolute atomic E-state index is 0.110. The van der Waals surface area contributed by atoms with E-state index in [-0.39, 0.29) is 11.9 Å². The van der Waals surface area contributed by atoms with Crippen LogP contribution in [0.15, 0.2) is 36.1 Å². The van der Waals surface area contributed by atoms with Gasteiger partial charge >= 0.3 is 5.97 Å². The van der Waals surface area contributed by atoms with Gasteiger partial charge in [-0.15, -0.1) is 0 Å². The van der Waals surface area contributed by atoms with E-state index in [2.05, 4.69) is 13.8 Å². The molecule has 1 saturated heterocycles. The van der Waals surface area contributed by atoms with Crippen LogP contribution in [-0.4, -0.2) is 5.97 Å². The Kier molecular flexibility index (Phi) is 3.09. The number of hydrogen-bond acceptors (Lipinski definition) is 2. The summed E-state index contributed by atoms with van der Waals surface area (Å²) in [7, 11) is 0. The van der Waals surface area contributed by atoms with Crippen LogP contribution in [-0.2, 0) is 9.53 Å². The van der Waals surface area contributed by atoms with Crippen LogP contribution in [0.25, 0.3) is 6.08 Å². The summed E-state index contributed by atoms with van der Waals surface area (Å²) in [5.74, 6) is 1.36. The minimum atomic E-state index is -0.110. The Bertz CT molecular complexity index is 404.